The number of rotatable bonds is 4. The number of nitrogens with two attached hydrogens (primary N) is 1. The Morgan fingerprint density at radius 2 is 1.79 bits per heavy atom. The molecule has 0 fully saturated rings. The van der Waals surface area contributed by atoms with E-state index in [4.69, 9.17) is 10.5 Å². The van der Waals surface area contributed by atoms with Crippen molar-refractivity contribution in [1.82, 2.24) is 0 Å². The molecule has 98 valence electrons. The van der Waals surface area contributed by atoms with Crippen LogP contribution in [0.4, 0.5) is 0 Å². The number of hydrogen-bond acceptors (Lipinski definition) is 3. The van der Waals surface area contributed by atoms with Gasteiger partial charge in [0.05, 0.1) is 11.6 Å². The van der Waals surface area contributed by atoms with E-state index in [0.717, 1.165) is 10.0 Å². The topological polar surface area (TPSA) is 52.3 Å². The number of carbonyl (C=O) groups excluding carboxylic acids is 1. The van der Waals surface area contributed by atoms with Crippen molar-refractivity contribution in [3.63, 3.8) is 0 Å². The molecule has 0 atom stereocenters. The van der Waals surface area contributed by atoms with Crippen LogP contribution in [0.1, 0.15) is 21.5 Å². The highest BCUT2D eigenvalue weighted by molar-refractivity contribution is 9.10. The highest BCUT2D eigenvalue weighted by atomic mass is 79.9. The number of halogens is 1. The highest BCUT2D eigenvalue weighted by Crippen LogP contribution is 2.26. The first-order valence-corrected chi connectivity index (χ1v) is 6.62. The lowest BCUT2D eigenvalue weighted by atomic mass is 10.0. The summed E-state index contributed by atoms with van der Waals surface area (Å²) < 4.78 is 5.91. The Morgan fingerprint density at radius 1 is 1.16 bits per heavy atom. The molecule has 0 aliphatic rings. The van der Waals surface area contributed by atoms with E-state index in [0.29, 0.717) is 23.4 Å². The van der Waals surface area contributed by atoms with Gasteiger partial charge in [-0.25, -0.2) is 0 Å². The van der Waals surface area contributed by atoms with Crippen molar-refractivity contribution in [1.29, 1.82) is 0 Å². The van der Waals surface area contributed by atoms with Crippen LogP contribution >= 0.6 is 15.9 Å². The number of hydrogen-bond donors (Lipinski definition) is 1. The van der Waals surface area contributed by atoms with Gasteiger partial charge in [-0.2, -0.15) is 0 Å². The van der Waals surface area contributed by atoms with E-state index in [2.05, 4.69) is 15.9 Å². The molecule has 0 aliphatic heterocycles. The molecule has 0 unspecified atom stereocenters. The lowest BCUT2D eigenvalue weighted by Gasteiger charge is -2.06. The number of methoxy groups -OCH3 is 1. The summed E-state index contributed by atoms with van der Waals surface area (Å²) in [6.07, 6.45) is 0. The zero-order valence-electron chi connectivity index (χ0n) is 10.5. The monoisotopic (exact) mass is 319 g/mol. The van der Waals surface area contributed by atoms with Crippen LogP contribution in [0.15, 0.2) is 46.9 Å². The third-order valence-electron chi connectivity index (χ3n) is 2.87. The van der Waals surface area contributed by atoms with Crippen molar-refractivity contribution in [3.05, 3.63) is 63.6 Å². The van der Waals surface area contributed by atoms with Gasteiger partial charge >= 0.3 is 0 Å². The van der Waals surface area contributed by atoms with Crippen molar-refractivity contribution in [2.75, 3.05) is 7.11 Å². The van der Waals surface area contributed by atoms with Crippen LogP contribution < -0.4 is 10.5 Å². The van der Waals surface area contributed by atoms with Crippen LogP contribution in [0.3, 0.4) is 0 Å². The van der Waals surface area contributed by atoms with Crippen LogP contribution in [0.25, 0.3) is 0 Å². The average Bonchev–Trinajstić information content (AvgIpc) is 2.46. The van der Waals surface area contributed by atoms with E-state index in [1.54, 1.807) is 37.4 Å². The molecule has 3 nitrogen and oxygen atoms in total. The zero-order valence-corrected chi connectivity index (χ0v) is 12.1. The molecule has 0 radical (unpaired) electrons. The molecule has 0 bridgehead atoms. The third kappa shape index (κ3) is 3.03. The van der Waals surface area contributed by atoms with Gasteiger partial charge in [0.1, 0.15) is 5.75 Å². The van der Waals surface area contributed by atoms with Gasteiger partial charge in [-0.1, -0.05) is 24.3 Å². The minimum atomic E-state index is -0.0214. The van der Waals surface area contributed by atoms with Crippen molar-refractivity contribution >= 4 is 21.7 Å². The summed E-state index contributed by atoms with van der Waals surface area (Å²) in [6.45, 7) is 0.475. The van der Waals surface area contributed by atoms with Crippen molar-refractivity contribution < 1.29 is 9.53 Å². The van der Waals surface area contributed by atoms with Gasteiger partial charge in [-0.05, 0) is 39.7 Å². The first kappa shape index (κ1) is 13.8. The molecule has 2 aromatic rings. The molecule has 2 aromatic carbocycles. The molecular formula is C15H14BrNO2. The Labute approximate surface area is 120 Å². The molecule has 0 saturated heterocycles. The second-order valence-corrected chi connectivity index (χ2v) is 4.93. The van der Waals surface area contributed by atoms with Gasteiger partial charge in [0.15, 0.2) is 5.78 Å². The Bertz CT molecular complexity index is 594. The molecule has 0 aliphatic carbocycles. The maximum absolute atomic E-state index is 12.3. The summed E-state index contributed by atoms with van der Waals surface area (Å²) in [5.41, 5.74) is 7.81. The van der Waals surface area contributed by atoms with E-state index in [-0.39, 0.29) is 5.78 Å². The predicted molar refractivity (Wildman–Crippen MR) is 78.5 cm³/mol. The molecule has 4 heteroatoms. The summed E-state index contributed by atoms with van der Waals surface area (Å²) in [6, 6.07) is 12.6. The van der Waals surface area contributed by atoms with Crippen molar-refractivity contribution in [2.45, 2.75) is 6.54 Å². The molecule has 0 aromatic heterocycles. The summed E-state index contributed by atoms with van der Waals surface area (Å²) >= 11 is 3.38. The molecule has 0 amide bonds. The molecular weight excluding hydrogens is 306 g/mol. The van der Waals surface area contributed by atoms with Crippen molar-refractivity contribution in [3.8, 4) is 5.75 Å². The van der Waals surface area contributed by atoms with Gasteiger partial charge in [0, 0.05) is 17.7 Å². The first-order valence-electron chi connectivity index (χ1n) is 5.83. The second-order valence-electron chi connectivity index (χ2n) is 4.08. The molecule has 0 saturated carbocycles. The molecule has 2 N–H and O–H groups in total. The summed E-state index contributed by atoms with van der Waals surface area (Å²) in [4.78, 5) is 12.3. The number of ether oxygens (including phenoxy) is 1. The SMILES string of the molecule is COc1ccc(C(=O)c2ccc(CN)cc2)cc1Br. The quantitative estimate of drug-likeness (QED) is 0.881. The van der Waals surface area contributed by atoms with Crippen LogP contribution in [0, 0.1) is 0 Å². The minimum absolute atomic E-state index is 0.0214. The standard InChI is InChI=1S/C15H14BrNO2/c1-19-14-7-6-12(8-13(14)16)15(18)11-4-2-10(9-17)3-5-11/h2-8H,9,17H2,1H3. The highest BCUT2D eigenvalue weighted by Gasteiger charge is 2.11. The summed E-state index contributed by atoms with van der Waals surface area (Å²) in [7, 11) is 1.59. The molecule has 2 rings (SSSR count). The third-order valence-corrected chi connectivity index (χ3v) is 3.49. The zero-order chi connectivity index (χ0) is 13.8. The van der Waals surface area contributed by atoms with Gasteiger partial charge in [0.2, 0.25) is 0 Å². The lowest BCUT2D eigenvalue weighted by Crippen LogP contribution is -2.03. The molecule has 0 heterocycles. The fraction of sp³-hybridized carbons (Fsp3) is 0.133. The van der Waals surface area contributed by atoms with Crippen LogP contribution in [0.5, 0.6) is 5.75 Å². The van der Waals surface area contributed by atoms with Crippen LogP contribution in [-0.2, 0) is 6.54 Å². The second kappa shape index (κ2) is 5.99. The first-order chi connectivity index (χ1) is 9.15. The number of carbonyl (C=O) groups is 1. The van der Waals surface area contributed by atoms with Gasteiger partial charge in [0.25, 0.3) is 0 Å². The van der Waals surface area contributed by atoms with E-state index in [9.17, 15) is 4.79 Å². The summed E-state index contributed by atoms with van der Waals surface area (Å²) in [5.74, 6) is 0.682. The van der Waals surface area contributed by atoms with Crippen LogP contribution in [-0.4, -0.2) is 12.9 Å². The fourth-order valence-corrected chi connectivity index (χ4v) is 2.31. The minimum Gasteiger partial charge on any atom is -0.496 e. The lowest BCUT2D eigenvalue weighted by molar-refractivity contribution is 0.103. The van der Waals surface area contributed by atoms with E-state index in [1.807, 2.05) is 12.1 Å². The summed E-state index contributed by atoms with van der Waals surface area (Å²) in [5, 5.41) is 0. The molecule has 0 spiro atoms. The maximum Gasteiger partial charge on any atom is 0.193 e. The van der Waals surface area contributed by atoms with E-state index in [1.165, 1.54) is 0 Å². The van der Waals surface area contributed by atoms with Gasteiger partial charge in [-0.3, -0.25) is 4.79 Å². The van der Waals surface area contributed by atoms with Crippen LogP contribution in [0.2, 0.25) is 0 Å². The Morgan fingerprint density at radius 3 is 2.32 bits per heavy atom. The fourth-order valence-electron chi connectivity index (χ4n) is 1.77. The maximum atomic E-state index is 12.3. The largest absolute Gasteiger partial charge is 0.496 e. The number of ketones is 1. The predicted octanol–water partition coefficient (Wildman–Crippen LogP) is 3.15. The van der Waals surface area contributed by atoms with Crippen molar-refractivity contribution in [2.24, 2.45) is 5.73 Å². The van der Waals surface area contributed by atoms with Gasteiger partial charge in [-0.15, -0.1) is 0 Å². The van der Waals surface area contributed by atoms with E-state index >= 15 is 0 Å². The molecule has 19 heavy (non-hydrogen) atoms. The average molecular weight is 320 g/mol. The Hall–Kier alpha value is -1.65. The normalized spacial score (nSPS) is 10.3. The Kier molecular flexibility index (Phi) is 4.35. The smallest absolute Gasteiger partial charge is 0.193 e. The number of benzene rings is 2. The Balaban J connectivity index is 2.30. The van der Waals surface area contributed by atoms with E-state index < -0.39 is 0 Å². The van der Waals surface area contributed by atoms with Gasteiger partial charge < -0.3 is 10.5 Å².